The Bertz CT molecular complexity index is 812. The predicted octanol–water partition coefficient (Wildman–Crippen LogP) is 1.68. The molecule has 6 heteroatoms. The third-order valence-corrected chi connectivity index (χ3v) is 5.55. The molecule has 3 heterocycles. The summed E-state index contributed by atoms with van der Waals surface area (Å²) in [4.78, 5) is 32.8. The Morgan fingerprint density at radius 2 is 1.92 bits per heavy atom. The number of piperidine rings is 1. The molecule has 6 nitrogen and oxygen atoms in total. The van der Waals surface area contributed by atoms with Gasteiger partial charge in [-0.15, -0.1) is 0 Å². The van der Waals surface area contributed by atoms with Crippen LogP contribution in [0.15, 0.2) is 54.9 Å². The molecule has 0 saturated carbocycles. The first kappa shape index (κ1) is 16.7. The van der Waals surface area contributed by atoms with Crippen LogP contribution in [0.5, 0.6) is 0 Å². The van der Waals surface area contributed by atoms with Gasteiger partial charge in [0, 0.05) is 38.1 Å². The van der Waals surface area contributed by atoms with Crippen molar-refractivity contribution in [2.75, 3.05) is 26.7 Å². The lowest BCUT2D eigenvalue weighted by Gasteiger charge is -2.54. The van der Waals surface area contributed by atoms with Gasteiger partial charge in [0.25, 0.3) is 5.91 Å². The first-order valence-corrected chi connectivity index (χ1v) is 8.76. The number of carbonyl (C=O) groups excluding carboxylic acids is 2. The maximum atomic E-state index is 12.8. The van der Waals surface area contributed by atoms with E-state index in [2.05, 4.69) is 4.98 Å². The fourth-order valence-corrected chi connectivity index (χ4v) is 4.09. The second-order valence-corrected chi connectivity index (χ2v) is 6.78. The van der Waals surface area contributed by atoms with E-state index in [1.54, 1.807) is 24.5 Å². The number of aromatic nitrogens is 1. The number of carbonyl (C=O) groups is 2. The van der Waals surface area contributed by atoms with Gasteiger partial charge in [0.2, 0.25) is 5.91 Å². The second-order valence-electron chi connectivity index (χ2n) is 6.78. The average Bonchev–Trinajstić information content (AvgIpc) is 2.71. The third kappa shape index (κ3) is 2.57. The van der Waals surface area contributed by atoms with Crippen molar-refractivity contribution in [3.05, 3.63) is 66.0 Å². The number of hydrogen-bond acceptors (Lipinski definition) is 4. The molecule has 26 heavy (non-hydrogen) atoms. The van der Waals surface area contributed by atoms with Crippen molar-refractivity contribution in [3.8, 4) is 0 Å². The summed E-state index contributed by atoms with van der Waals surface area (Å²) >= 11 is 0. The largest absolute Gasteiger partial charge is 0.364 e. The molecule has 134 valence electrons. The molecule has 2 atom stereocenters. The van der Waals surface area contributed by atoms with Crippen molar-refractivity contribution >= 4 is 11.8 Å². The van der Waals surface area contributed by atoms with E-state index < -0.39 is 5.54 Å². The zero-order chi connectivity index (χ0) is 18.1. The van der Waals surface area contributed by atoms with Gasteiger partial charge in [0.05, 0.1) is 5.54 Å². The standard InChI is InChI=1S/C20H21N3O3/c1-22-18(24)14-26-17-13-23(19(25)15-7-10-21-11-8-15)12-9-20(17,22)16-5-3-2-4-6-16/h2-8,10-11,17H,9,12-14H2,1H3/t17-,20+/m1/s1. The monoisotopic (exact) mass is 351 g/mol. The quantitative estimate of drug-likeness (QED) is 0.826. The smallest absolute Gasteiger partial charge is 0.254 e. The van der Waals surface area contributed by atoms with Gasteiger partial charge >= 0.3 is 0 Å². The van der Waals surface area contributed by atoms with Gasteiger partial charge in [-0.1, -0.05) is 30.3 Å². The van der Waals surface area contributed by atoms with Gasteiger partial charge in [-0.05, 0) is 24.1 Å². The minimum absolute atomic E-state index is 0.0287. The summed E-state index contributed by atoms with van der Waals surface area (Å²) < 4.78 is 5.94. The van der Waals surface area contributed by atoms with Crippen molar-refractivity contribution in [3.63, 3.8) is 0 Å². The van der Waals surface area contributed by atoms with Gasteiger partial charge in [-0.2, -0.15) is 0 Å². The van der Waals surface area contributed by atoms with Crippen LogP contribution in [0.1, 0.15) is 22.3 Å². The van der Waals surface area contributed by atoms with Crippen molar-refractivity contribution in [2.45, 2.75) is 18.1 Å². The molecule has 0 aliphatic carbocycles. The summed E-state index contributed by atoms with van der Waals surface area (Å²) in [6, 6.07) is 13.4. The fourth-order valence-electron chi connectivity index (χ4n) is 4.09. The summed E-state index contributed by atoms with van der Waals surface area (Å²) in [6.45, 7) is 1.06. The van der Waals surface area contributed by atoms with E-state index in [1.807, 2.05) is 47.2 Å². The minimum atomic E-state index is -0.536. The number of nitrogens with zero attached hydrogens (tertiary/aromatic N) is 3. The molecule has 1 aromatic carbocycles. The highest BCUT2D eigenvalue weighted by Crippen LogP contribution is 2.42. The molecule has 4 rings (SSSR count). The molecule has 0 unspecified atom stereocenters. The fraction of sp³-hybridized carbons (Fsp3) is 0.350. The van der Waals surface area contributed by atoms with E-state index >= 15 is 0 Å². The molecule has 0 radical (unpaired) electrons. The maximum absolute atomic E-state index is 12.8. The molecule has 2 aromatic rings. The van der Waals surface area contributed by atoms with Crippen LogP contribution in [0.4, 0.5) is 0 Å². The van der Waals surface area contributed by atoms with Crippen LogP contribution in [0, 0.1) is 0 Å². The molecule has 2 aliphatic rings. The molecule has 2 saturated heterocycles. The Morgan fingerprint density at radius 1 is 1.19 bits per heavy atom. The molecule has 1 aromatic heterocycles. The van der Waals surface area contributed by atoms with Crippen LogP contribution >= 0.6 is 0 Å². The van der Waals surface area contributed by atoms with E-state index in [0.29, 0.717) is 25.1 Å². The summed E-state index contributed by atoms with van der Waals surface area (Å²) in [5.41, 5.74) is 1.13. The van der Waals surface area contributed by atoms with Crippen molar-refractivity contribution in [2.24, 2.45) is 0 Å². The van der Waals surface area contributed by atoms with Crippen molar-refractivity contribution < 1.29 is 14.3 Å². The molecule has 2 aliphatic heterocycles. The lowest BCUT2D eigenvalue weighted by Crippen LogP contribution is -2.67. The Hall–Kier alpha value is -2.73. The predicted molar refractivity (Wildman–Crippen MR) is 95.4 cm³/mol. The lowest BCUT2D eigenvalue weighted by molar-refractivity contribution is -0.180. The topological polar surface area (TPSA) is 62.7 Å². The molecule has 0 spiro atoms. The molecule has 0 N–H and O–H groups in total. The number of amides is 2. The number of pyridine rings is 1. The zero-order valence-corrected chi connectivity index (χ0v) is 14.7. The number of rotatable bonds is 2. The van der Waals surface area contributed by atoms with Crippen LogP contribution in [0.2, 0.25) is 0 Å². The van der Waals surface area contributed by atoms with E-state index in [9.17, 15) is 9.59 Å². The van der Waals surface area contributed by atoms with Gasteiger partial charge < -0.3 is 14.5 Å². The molecule has 0 bridgehead atoms. The lowest BCUT2D eigenvalue weighted by atomic mass is 9.76. The Kier molecular flexibility index (Phi) is 4.20. The number of benzene rings is 1. The molecule has 2 fully saturated rings. The van der Waals surface area contributed by atoms with Gasteiger partial charge in [0.15, 0.2) is 0 Å². The number of likely N-dealkylation sites (tertiary alicyclic amines) is 1. The van der Waals surface area contributed by atoms with Crippen LogP contribution in [0.3, 0.4) is 0 Å². The number of likely N-dealkylation sites (N-methyl/N-ethyl adjacent to an activating group) is 1. The SMILES string of the molecule is CN1C(=O)CO[C@@H]2CN(C(=O)c3ccncc3)CC[C@]21c1ccccc1. The normalized spacial score (nSPS) is 25.7. The molecular formula is C20H21N3O3. The molecular weight excluding hydrogens is 330 g/mol. The summed E-state index contributed by atoms with van der Waals surface area (Å²) in [6.07, 6.45) is 3.62. The average molecular weight is 351 g/mol. The minimum Gasteiger partial charge on any atom is -0.364 e. The van der Waals surface area contributed by atoms with E-state index in [4.69, 9.17) is 4.74 Å². The number of morpholine rings is 1. The maximum Gasteiger partial charge on any atom is 0.254 e. The highest BCUT2D eigenvalue weighted by Gasteiger charge is 2.53. The summed E-state index contributed by atoms with van der Waals surface area (Å²) in [5.74, 6) is -0.0590. The second kappa shape index (κ2) is 6.53. The van der Waals surface area contributed by atoms with E-state index in [-0.39, 0.29) is 24.5 Å². The highest BCUT2D eigenvalue weighted by atomic mass is 16.5. The van der Waals surface area contributed by atoms with Crippen LogP contribution < -0.4 is 0 Å². The van der Waals surface area contributed by atoms with Crippen molar-refractivity contribution in [1.29, 1.82) is 0 Å². The highest BCUT2D eigenvalue weighted by molar-refractivity contribution is 5.94. The number of fused-ring (bicyclic) bond motifs is 1. The van der Waals surface area contributed by atoms with Crippen LogP contribution in [0.25, 0.3) is 0 Å². The first-order chi connectivity index (χ1) is 12.6. The zero-order valence-electron chi connectivity index (χ0n) is 14.7. The van der Waals surface area contributed by atoms with Gasteiger partial charge in [0.1, 0.15) is 12.7 Å². The van der Waals surface area contributed by atoms with Crippen LogP contribution in [-0.2, 0) is 15.1 Å². The van der Waals surface area contributed by atoms with Gasteiger partial charge in [-0.25, -0.2) is 0 Å². The third-order valence-electron chi connectivity index (χ3n) is 5.55. The molecule has 2 amide bonds. The van der Waals surface area contributed by atoms with Gasteiger partial charge in [-0.3, -0.25) is 14.6 Å². The Balaban J connectivity index is 1.66. The van der Waals surface area contributed by atoms with E-state index in [1.165, 1.54) is 0 Å². The Labute approximate surface area is 152 Å². The van der Waals surface area contributed by atoms with Crippen LogP contribution in [-0.4, -0.2) is 59.4 Å². The summed E-state index contributed by atoms with van der Waals surface area (Å²) in [5, 5.41) is 0. The first-order valence-electron chi connectivity index (χ1n) is 8.76. The van der Waals surface area contributed by atoms with Crippen molar-refractivity contribution in [1.82, 2.24) is 14.8 Å². The summed E-state index contributed by atoms with van der Waals surface area (Å²) in [7, 11) is 1.84. The van der Waals surface area contributed by atoms with E-state index in [0.717, 1.165) is 5.56 Å². The number of hydrogen-bond donors (Lipinski definition) is 0. The number of ether oxygens (including phenoxy) is 1. The Morgan fingerprint density at radius 3 is 2.65 bits per heavy atom.